The molecule has 0 saturated heterocycles. The summed E-state index contributed by atoms with van der Waals surface area (Å²) < 4.78 is 5.21. The van der Waals surface area contributed by atoms with Gasteiger partial charge >= 0.3 is 0 Å². The molecule has 1 aliphatic rings. The molecule has 3 atom stereocenters. The first-order valence-corrected chi connectivity index (χ1v) is 5.75. The fourth-order valence-corrected chi connectivity index (χ4v) is 3.05. The van der Waals surface area contributed by atoms with Crippen molar-refractivity contribution in [3.05, 3.63) is 0 Å². The summed E-state index contributed by atoms with van der Waals surface area (Å²) in [6.07, 6.45) is 3.64. The lowest BCUT2D eigenvalue weighted by molar-refractivity contribution is 0.0672. The maximum absolute atomic E-state index is 6.49. The van der Waals surface area contributed by atoms with Crippen LogP contribution in [0, 0.1) is 17.8 Å². The summed E-state index contributed by atoms with van der Waals surface area (Å²) in [6, 6.07) is 0. The zero-order valence-electron chi connectivity index (χ0n) is 10.0. The Hall–Kier alpha value is -0.0800. The summed E-state index contributed by atoms with van der Waals surface area (Å²) in [7, 11) is 1.76. The van der Waals surface area contributed by atoms with Gasteiger partial charge in [0, 0.05) is 12.6 Å². The van der Waals surface area contributed by atoms with Crippen LogP contribution in [0.5, 0.6) is 0 Å². The third kappa shape index (κ3) is 2.71. The molecule has 84 valence electrons. The quantitative estimate of drug-likeness (QED) is 0.757. The van der Waals surface area contributed by atoms with Gasteiger partial charge in [-0.05, 0) is 37.0 Å². The highest BCUT2D eigenvalue weighted by molar-refractivity contribution is 4.95. The predicted octanol–water partition coefficient (Wildman–Crippen LogP) is 2.42. The minimum atomic E-state index is 0.00704. The minimum absolute atomic E-state index is 0.00704. The van der Waals surface area contributed by atoms with E-state index in [4.69, 9.17) is 10.5 Å². The molecule has 1 saturated carbocycles. The van der Waals surface area contributed by atoms with Gasteiger partial charge in [-0.2, -0.15) is 0 Å². The van der Waals surface area contributed by atoms with E-state index in [1.165, 1.54) is 6.42 Å². The second-order valence-electron chi connectivity index (χ2n) is 5.44. The van der Waals surface area contributed by atoms with Crippen molar-refractivity contribution in [2.45, 2.75) is 45.6 Å². The van der Waals surface area contributed by atoms with Gasteiger partial charge in [0.05, 0.1) is 6.61 Å². The second-order valence-corrected chi connectivity index (χ2v) is 5.44. The third-order valence-electron chi connectivity index (χ3n) is 3.66. The van der Waals surface area contributed by atoms with Crippen molar-refractivity contribution >= 4 is 0 Å². The van der Waals surface area contributed by atoms with E-state index in [-0.39, 0.29) is 5.54 Å². The molecule has 0 heterocycles. The lowest BCUT2D eigenvalue weighted by atomic mass is 9.67. The molecule has 2 nitrogen and oxygen atoms in total. The number of nitrogens with two attached hydrogens (primary N) is 1. The van der Waals surface area contributed by atoms with E-state index in [2.05, 4.69) is 20.8 Å². The highest BCUT2D eigenvalue weighted by Crippen LogP contribution is 2.38. The van der Waals surface area contributed by atoms with Gasteiger partial charge < -0.3 is 10.5 Å². The lowest BCUT2D eigenvalue weighted by Gasteiger charge is -2.44. The van der Waals surface area contributed by atoms with Crippen molar-refractivity contribution in [1.29, 1.82) is 0 Å². The Kier molecular flexibility index (Phi) is 3.96. The molecule has 2 N–H and O–H groups in total. The Morgan fingerprint density at radius 3 is 2.29 bits per heavy atom. The standard InChI is InChI=1S/C12H25NO/c1-9-5-10(2)7-12(13,6-9)11(3)8-14-4/h9-11H,5-8,13H2,1-4H3. The summed E-state index contributed by atoms with van der Waals surface area (Å²) in [5.41, 5.74) is 6.50. The summed E-state index contributed by atoms with van der Waals surface area (Å²) in [5, 5.41) is 0. The van der Waals surface area contributed by atoms with Crippen LogP contribution in [0.3, 0.4) is 0 Å². The first-order chi connectivity index (χ1) is 6.48. The van der Waals surface area contributed by atoms with E-state index in [0.29, 0.717) is 5.92 Å². The van der Waals surface area contributed by atoms with Crippen molar-refractivity contribution in [3.8, 4) is 0 Å². The Balaban J connectivity index is 2.61. The number of methoxy groups -OCH3 is 1. The molecule has 0 aromatic heterocycles. The molecule has 14 heavy (non-hydrogen) atoms. The summed E-state index contributed by atoms with van der Waals surface area (Å²) in [5.74, 6) is 2.00. The first kappa shape index (κ1) is 12.0. The van der Waals surface area contributed by atoms with E-state index >= 15 is 0 Å². The molecule has 3 unspecified atom stereocenters. The van der Waals surface area contributed by atoms with E-state index in [0.717, 1.165) is 31.3 Å². The van der Waals surface area contributed by atoms with Gasteiger partial charge in [-0.15, -0.1) is 0 Å². The molecule has 1 aliphatic carbocycles. The normalized spacial score (nSPS) is 40.9. The van der Waals surface area contributed by atoms with Crippen molar-refractivity contribution in [3.63, 3.8) is 0 Å². The van der Waals surface area contributed by atoms with E-state index < -0.39 is 0 Å². The Morgan fingerprint density at radius 1 is 1.36 bits per heavy atom. The van der Waals surface area contributed by atoms with E-state index in [9.17, 15) is 0 Å². The van der Waals surface area contributed by atoms with Gasteiger partial charge in [0.25, 0.3) is 0 Å². The predicted molar refractivity (Wildman–Crippen MR) is 60.1 cm³/mol. The maximum atomic E-state index is 6.49. The molecule has 0 amide bonds. The molecule has 0 aromatic rings. The average molecular weight is 199 g/mol. The van der Waals surface area contributed by atoms with Gasteiger partial charge in [0.2, 0.25) is 0 Å². The van der Waals surface area contributed by atoms with Crippen LogP contribution >= 0.6 is 0 Å². The highest BCUT2D eigenvalue weighted by atomic mass is 16.5. The molecule has 1 fully saturated rings. The molecule has 1 rings (SSSR count). The largest absolute Gasteiger partial charge is 0.384 e. The van der Waals surface area contributed by atoms with Crippen molar-refractivity contribution in [1.82, 2.24) is 0 Å². The number of hydrogen-bond donors (Lipinski definition) is 1. The third-order valence-corrected chi connectivity index (χ3v) is 3.66. The zero-order valence-corrected chi connectivity index (χ0v) is 10.0. The van der Waals surface area contributed by atoms with E-state index in [1.807, 2.05) is 0 Å². The number of hydrogen-bond acceptors (Lipinski definition) is 2. The van der Waals surface area contributed by atoms with Crippen molar-refractivity contribution in [2.75, 3.05) is 13.7 Å². The van der Waals surface area contributed by atoms with Crippen LogP contribution in [0.4, 0.5) is 0 Å². The molecule has 0 radical (unpaired) electrons. The zero-order chi connectivity index (χ0) is 10.8. The van der Waals surface area contributed by atoms with Gasteiger partial charge in [0.15, 0.2) is 0 Å². The molecule has 0 aliphatic heterocycles. The fourth-order valence-electron chi connectivity index (χ4n) is 3.05. The first-order valence-electron chi connectivity index (χ1n) is 5.75. The Morgan fingerprint density at radius 2 is 1.86 bits per heavy atom. The second kappa shape index (κ2) is 4.63. The SMILES string of the molecule is COCC(C)C1(N)CC(C)CC(C)C1. The average Bonchev–Trinajstić information content (AvgIpc) is 2.01. The number of rotatable bonds is 3. The molecule has 0 spiro atoms. The fraction of sp³-hybridized carbons (Fsp3) is 1.00. The minimum Gasteiger partial charge on any atom is -0.384 e. The lowest BCUT2D eigenvalue weighted by Crippen LogP contribution is -2.52. The highest BCUT2D eigenvalue weighted by Gasteiger charge is 2.38. The van der Waals surface area contributed by atoms with Gasteiger partial charge in [-0.25, -0.2) is 0 Å². The van der Waals surface area contributed by atoms with Crippen LogP contribution in [-0.2, 0) is 4.74 Å². The van der Waals surface area contributed by atoms with Crippen molar-refractivity contribution < 1.29 is 4.74 Å². The van der Waals surface area contributed by atoms with Gasteiger partial charge in [-0.1, -0.05) is 20.8 Å². The topological polar surface area (TPSA) is 35.2 Å². The summed E-state index contributed by atoms with van der Waals surface area (Å²) >= 11 is 0. The summed E-state index contributed by atoms with van der Waals surface area (Å²) in [4.78, 5) is 0. The summed E-state index contributed by atoms with van der Waals surface area (Å²) in [6.45, 7) is 7.64. The smallest absolute Gasteiger partial charge is 0.0505 e. The van der Waals surface area contributed by atoms with Crippen LogP contribution in [0.2, 0.25) is 0 Å². The Bertz CT molecular complexity index is 171. The van der Waals surface area contributed by atoms with Crippen LogP contribution < -0.4 is 5.73 Å². The van der Waals surface area contributed by atoms with Crippen LogP contribution in [0.25, 0.3) is 0 Å². The van der Waals surface area contributed by atoms with Crippen molar-refractivity contribution in [2.24, 2.45) is 23.5 Å². The van der Waals surface area contributed by atoms with Gasteiger partial charge in [-0.3, -0.25) is 0 Å². The maximum Gasteiger partial charge on any atom is 0.0505 e. The molecule has 0 bridgehead atoms. The monoisotopic (exact) mass is 199 g/mol. The Labute approximate surface area is 88.2 Å². The number of ether oxygens (including phenoxy) is 1. The van der Waals surface area contributed by atoms with E-state index in [1.54, 1.807) is 7.11 Å². The molecule has 2 heteroatoms. The van der Waals surface area contributed by atoms with Crippen LogP contribution in [0.1, 0.15) is 40.0 Å². The van der Waals surface area contributed by atoms with Crippen LogP contribution in [0.15, 0.2) is 0 Å². The molecular weight excluding hydrogens is 174 g/mol. The van der Waals surface area contributed by atoms with Gasteiger partial charge in [0.1, 0.15) is 0 Å². The molecule has 0 aromatic carbocycles. The van der Waals surface area contributed by atoms with Crippen LogP contribution in [-0.4, -0.2) is 19.3 Å². The molecular formula is C12H25NO.